The van der Waals surface area contributed by atoms with Gasteiger partial charge in [-0.05, 0) is 37.6 Å². The van der Waals surface area contributed by atoms with E-state index in [1.807, 2.05) is 29.2 Å². The van der Waals surface area contributed by atoms with E-state index < -0.39 is 15.4 Å². The van der Waals surface area contributed by atoms with Gasteiger partial charge in [-0.1, -0.05) is 0 Å². The summed E-state index contributed by atoms with van der Waals surface area (Å²) in [6.07, 6.45) is 3.37. The van der Waals surface area contributed by atoms with Gasteiger partial charge in [0.1, 0.15) is 11.1 Å². The van der Waals surface area contributed by atoms with Crippen molar-refractivity contribution in [1.29, 1.82) is 0 Å². The highest BCUT2D eigenvalue weighted by molar-refractivity contribution is 7.91. The van der Waals surface area contributed by atoms with Gasteiger partial charge in [-0.2, -0.15) is 0 Å². The summed E-state index contributed by atoms with van der Waals surface area (Å²) in [6.45, 7) is 4.21. The summed E-state index contributed by atoms with van der Waals surface area (Å²) in [5.41, 5.74) is 2.58. The van der Waals surface area contributed by atoms with Crippen molar-refractivity contribution < 1.29 is 17.9 Å². The molecular formula is C19H21N3O4S. The first kappa shape index (κ1) is 17.9. The van der Waals surface area contributed by atoms with E-state index in [2.05, 4.69) is 9.97 Å². The molecule has 8 heteroatoms. The smallest absolute Gasteiger partial charge is 0.198 e. The highest BCUT2D eigenvalue weighted by atomic mass is 32.2. The molecule has 3 aromatic rings. The summed E-state index contributed by atoms with van der Waals surface area (Å²) in [5, 5.41) is 10.2. The highest BCUT2D eigenvalue weighted by Crippen LogP contribution is 2.34. The van der Waals surface area contributed by atoms with Crippen molar-refractivity contribution in [2.24, 2.45) is 0 Å². The summed E-state index contributed by atoms with van der Waals surface area (Å²) in [7, 11) is -2.95. The molecule has 0 aliphatic carbocycles. The number of rotatable bonds is 3. The number of anilines is 1. The Morgan fingerprint density at radius 3 is 2.52 bits per heavy atom. The first-order valence-electron chi connectivity index (χ1n) is 8.76. The van der Waals surface area contributed by atoms with Crippen molar-refractivity contribution in [1.82, 2.24) is 9.97 Å². The van der Waals surface area contributed by atoms with Gasteiger partial charge in [0, 0.05) is 37.1 Å². The fourth-order valence-corrected chi connectivity index (χ4v) is 4.38. The summed E-state index contributed by atoms with van der Waals surface area (Å²) in [5.74, 6) is 0.879. The SMILES string of the molecule is CC(C)(O)c1cc(-c2ccnc3cc(N4CCS(=O)(=O)CC4)oc23)ccn1. The number of pyridine rings is 2. The van der Waals surface area contributed by atoms with E-state index in [0.29, 0.717) is 35.8 Å². The van der Waals surface area contributed by atoms with Gasteiger partial charge in [-0.15, -0.1) is 0 Å². The molecular weight excluding hydrogens is 366 g/mol. The van der Waals surface area contributed by atoms with Crippen LogP contribution in [0.15, 0.2) is 41.1 Å². The summed E-state index contributed by atoms with van der Waals surface area (Å²) < 4.78 is 29.4. The Labute approximate surface area is 157 Å². The van der Waals surface area contributed by atoms with Crippen LogP contribution >= 0.6 is 0 Å². The topological polar surface area (TPSA) is 96.5 Å². The number of furan rings is 1. The molecule has 0 spiro atoms. The molecule has 0 amide bonds. The minimum Gasteiger partial charge on any atom is -0.438 e. The lowest BCUT2D eigenvalue weighted by Gasteiger charge is -2.25. The van der Waals surface area contributed by atoms with Gasteiger partial charge in [0.05, 0.1) is 17.2 Å². The van der Waals surface area contributed by atoms with Gasteiger partial charge in [-0.25, -0.2) is 8.42 Å². The molecule has 3 aromatic heterocycles. The van der Waals surface area contributed by atoms with Gasteiger partial charge in [0.15, 0.2) is 21.3 Å². The van der Waals surface area contributed by atoms with Gasteiger partial charge >= 0.3 is 0 Å². The van der Waals surface area contributed by atoms with Crippen LogP contribution in [0.5, 0.6) is 0 Å². The standard InChI is InChI=1S/C19H21N3O4S/c1-19(2,23)16-11-13(3-5-21-16)14-4-6-20-15-12-17(26-18(14)15)22-7-9-27(24,25)10-8-22/h3-6,11-12,23H,7-10H2,1-2H3. The zero-order valence-electron chi connectivity index (χ0n) is 15.2. The lowest BCUT2D eigenvalue weighted by Crippen LogP contribution is -2.40. The van der Waals surface area contributed by atoms with Crippen molar-refractivity contribution in [3.63, 3.8) is 0 Å². The third kappa shape index (κ3) is 3.54. The van der Waals surface area contributed by atoms with E-state index in [0.717, 1.165) is 11.1 Å². The van der Waals surface area contributed by atoms with E-state index >= 15 is 0 Å². The minimum atomic E-state index is -2.95. The van der Waals surface area contributed by atoms with Gasteiger partial charge in [-0.3, -0.25) is 9.97 Å². The van der Waals surface area contributed by atoms with Gasteiger partial charge < -0.3 is 14.4 Å². The maximum atomic E-state index is 11.7. The van der Waals surface area contributed by atoms with Gasteiger partial charge in [0.2, 0.25) is 0 Å². The maximum absolute atomic E-state index is 11.7. The van der Waals surface area contributed by atoms with Crippen LogP contribution in [-0.2, 0) is 15.4 Å². The summed E-state index contributed by atoms with van der Waals surface area (Å²) in [6, 6.07) is 7.40. The third-order valence-electron chi connectivity index (χ3n) is 4.75. The zero-order chi connectivity index (χ0) is 19.2. The molecule has 1 fully saturated rings. The van der Waals surface area contributed by atoms with Crippen molar-refractivity contribution in [2.45, 2.75) is 19.4 Å². The molecule has 27 heavy (non-hydrogen) atoms. The average Bonchev–Trinajstić information content (AvgIpc) is 3.05. The quantitative estimate of drug-likeness (QED) is 0.737. The lowest BCUT2D eigenvalue weighted by molar-refractivity contribution is 0.0739. The summed E-state index contributed by atoms with van der Waals surface area (Å²) in [4.78, 5) is 10.6. The molecule has 0 radical (unpaired) electrons. The molecule has 4 heterocycles. The summed E-state index contributed by atoms with van der Waals surface area (Å²) >= 11 is 0. The Morgan fingerprint density at radius 2 is 1.81 bits per heavy atom. The van der Waals surface area contributed by atoms with Crippen molar-refractivity contribution in [3.05, 3.63) is 42.4 Å². The van der Waals surface area contributed by atoms with Crippen LogP contribution in [-0.4, -0.2) is 48.1 Å². The second-order valence-electron chi connectivity index (χ2n) is 7.29. The van der Waals surface area contributed by atoms with E-state index in [1.165, 1.54) is 0 Å². The number of aliphatic hydroxyl groups is 1. The monoisotopic (exact) mass is 387 g/mol. The molecule has 142 valence electrons. The van der Waals surface area contributed by atoms with E-state index in [1.54, 1.807) is 26.2 Å². The number of hydrogen-bond donors (Lipinski definition) is 1. The number of aromatic nitrogens is 2. The molecule has 1 N–H and O–H groups in total. The second-order valence-corrected chi connectivity index (χ2v) is 9.59. The van der Waals surface area contributed by atoms with Crippen LogP contribution in [0.25, 0.3) is 22.2 Å². The first-order valence-corrected chi connectivity index (χ1v) is 10.6. The van der Waals surface area contributed by atoms with Crippen LogP contribution in [0.1, 0.15) is 19.5 Å². The van der Waals surface area contributed by atoms with E-state index in [-0.39, 0.29) is 11.5 Å². The Kier molecular flexibility index (Phi) is 4.20. The van der Waals surface area contributed by atoms with Crippen LogP contribution in [0.2, 0.25) is 0 Å². The molecule has 0 unspecified atom stereocenters. The molecule has 0 saturated carbocycles. The normalized spacial score (nSPS) is 17.4. The van der Waals surface area contributed by atoms with E-state index in [4.69, 9.17) is 4.42 Å². The Balaban J connectivity index is 1.74. The maximum Gasteiger partial charge on any atom is 0.198 e. The predicted molar refractivity (Wildman–Crippen MR) is 103 cm³/mol. The lowest BCUT2D eigenvalue weighted by atomic mass is 10.00. The number of nitrogens with zero attached hydrogens (tertiary/aromatic N) is 3. The molecule has 0 atom stereocenters. The Bertz CT molecular complexity index is 1090. The van der Waals surface area contributed by atoms with Crippen molar-refractivity contribution >= 4 is 26.8 Å². The third-order valence-corrected chi connectivity index (χ3v) is 6.36. The van der Waals surface area contributed by atoms with Crippen LogP contribution < -0.4 is 4.90 Å². The molecule has 4 rings (SSSR count). The predicted octanol–water partition coefficient (Wildman–Crippen LogP) is 2.35. The zero-order valence-corrected chi connectivity index (χ0v) is 16.0. The minimum absolute atomic E-state index is 0.129. The highest BCUT2D eigenvalue weighted by Gasteiger charge is 2.25. The first-order chi connectivity index (χ1) is 12.7. The Hall–Kier alpha value is -2.45. The molecule has 1 saturated heterocycles. The molecule has 0 aromatic carbocycles. The van der Waals surface area contributed by atoms with Gasteiger partial charge in [0.25, 0.3) is 0 Å². The molecule has 0 bridgehead atoms. The number of fused-ring (bicyclic) bond motifs is 1. The van der Waals surface area contributed by atoms with Crippen LogP contribution in [0.4, 0.5) is 5.88 Å². The second kappa shape index (κ2) is 6.31. The molecule has 7 nitrogen and oxygen atoms in total. The van der Waals surface area contributed by atoms with Crippen LogP contribution in [0.3, 0.4) is 0 Å². The Morgan fingerprint density at radius 1 is 1.11 bits per heavy atom. The van der Waals surface area contributed by atoms with Crippen molar-refractivity contribution in [2.75, 3.05) is 29.5 Å². The fraction of sp³-hybridized carbons (Fsp3) is 0.368. The molecule has 1 aliphatic heterocycles. The van der Waals surface area contributed by atoms with Crippen molar-refractivity contribution in [3.8, 4) is 11.1 Å². The van der Waals surface area contributed by atoms with E-state index in [9.17, 15) is 13.5 Å². The average molecular weight is 387 g/mol. The number of sulfone groups is 1. The fourth-order valence-electron chi connectivity index (χ4n) is 3.17. The number of hydrogen-bond acceptors (Lipinski definition) is 7. The largest absolute Gasteiger partial charge is 0.438 e. The van der Waals surface area contributed by atoms with Crippen LogP contribution in [0, 0.1) is 0 Å². The molecule has 1 aliphatic rings.